The normalized spacial score (nSPS) is 24.1. The molecule has 118 valence electrons. The Morgan fingerprint density at radius 3 is 2.60 bits per heavy atom. The van der Waals surface area contributed by atoms with Gasteiger partial charge >= 0.3 is 0 Å². The molecule has 2 fully saturated rings. The number of likely N-dealkylation sites (tertiary alicyclic amines) is 1. The first-order valence-corrected chi connectivity index (χ1v) is 8.09. The van der Waals surface area contributed by atoms with Gasteiger partial charge in [0, 0.05) is 25.7 Å². The quantitative estimate of drug-likeness (QED) is 0.413. The van der Waals surface area contributed by atoms with Crippen LogP contribution in [0.1, 0.15) is 46.0 Å². The lowest BCUT2D eigenvalue weighted by Crippen LogP contribution is -2.49. The van der Waals surface area contributed by atoms with E-state index in [1.54, 1.807) is 0 Å². The highest BCUT2D eigenvalue weighted by Gasteiger charge is 2.22. The van der Waals surface area contributed by atoms with Gasteiger partial charge in [0.2, 0.25) is 0 Å². The van der Waals surface area contributed by atoms with Crippen molar-refractivity contribution in [3.63, 3.8) is 0 Å². The molecular formula is C15H31IN4. The van der Waals surface area contributed by atoms with Gasteiger partial charge in [-0.1, -0.05) is 13.3 Å². The predicted molar refractivity (Wildman–Crippen MR) is 97.0 cm³/mol. The molecule has 0 aromatic rings. The van der Waals surface area contributed by atoms with Crippen LogP contribution in [0, 0.1) is 5.92 Å². The van der Waals surface area contributed by atoms with Crippen molar-refractivity contribution < 1.29 is 0 Å². The van der Waals surface area contributed by atoms with Crippen molar-refractivity contribution in [3.8, 4) is 0 Å². The summed E-state index contributed by atoms with van der Waals surface area (Å²) >= 11 is 0. The average Bonchev–Trinajstić information content (AvgIpc) is 3.26. The van der Waals surface area contributed by atoms with E-state index in [1.807, 2.05) is 0 Å². The molecule has 0 amide bonds. The van der Waals surface area contributed by atoms with Crippen molar-refractivity contribution in [2.45, 2.75) is 52.0 Å². The summed E-state index contributed by atoms with van der Waals surface area (Å²) in [6.45, 7) is 9.80. The molecule has 1 heterocycles. The molecule has 2 aliphatic rings. The lowest BCUT2D eigenvalue weighted by molar-refractivity contribution is 0.157. The Kier molecular flexibility index (Phi) is 8.84. The van der Waals surface area contributed by atoms with Gasteiger partial charge in [0.1, 0.15) is 0 Å². The minimum Gasteiger partial charge on any atom is -0.357 e. The molecule has 0 radical (unpaired) electrons. The van der Waals surface area contributed by atoms with Crippen LogP contribution in [0.15, 0.2) is 4.99 Å². The molecule has 0 aromatic heterocycles. The zero-order chi connectivity index (χ0) is 13.5. The molecule has 1 unspecified atom stereocenters. The maximum absolute atomic E-state index is 4.69. The van der Waals surface area contributed by atoms with Crippen LogP contribution in [-0.4, -0.2) is 49.6 Å². The molecule has 20 heavy (non-hydrogen) atoms. The van der Waals surface area contributed by atoms with Gasteiger partial charge < -0.3 is 10.6 Å². The molecule has 4 nitrogen and oxygen atoms in total. The summed E-state index contributed by atoms with van der Waals surface area (Å²) in [7, 11) is 0. The van der Waals surface area contributed by atoms with E-state index in [2.05, 4.69) is 34.4 Å². The standard InChI is InChI=1S/C15H30N4.HI/c1-3-16-15(17-11-13-8-9-13)18-12-14-7-5-6-10-19(14)4-2;/h13-14H,3-12H2,1-2H3,(H2,16,17,18);1H. The average molecular weight is 394 g/mol. The van der Waals surface area contributed by atoms with Crippen molar-refractivity contribution in [3.05, 3.63) is 0 Å². The van der Waals surface area contributed by atoms with Crippen LogP contribution < -0.4 is 10.6 Å². The molecule has 1 aliphatic heterocycles. The highest BCUT2D eigenvalue weighted by atomic mass is 127. The molecule has 1 saturated heterocycles. The highest BCUT2D eigenvalue weighted by Crippen LogP contribution is 2.28. The van der Waals surface area contributed by atoms with E-state index in [0.717, 1.165) is 31.5 Å². The van der Waals surface area contributed by atoms with Crippen LogP contribution in [0.3, 0.4) is 0 Å². The number of guanidine groups is 1. The first-order valence-electron chi connectivity index (χ1n) is 8.09. The highest BCUT2D eigenvalue weighted by molar-refractivity contribution is 14.0. The minimum atomic E-state index is 0. The molecule has 0 bridgehead atoms. The summed E-state index contributed by atoms with van der Waals surface area (Å²) in [5.41, 5.74) is 0. The Morgan fingerprint density at radius 2 is 1.95 bits per heavy atom. The summed E-state index contributed by atoms with van der Waals surface area (Å²) in [6.07, 6.45) is 6.80. The molecular weight excluding hydrogens is 363 g/mol. The summed E-state index contributed by atoms with van der Waals surface area (Å²) in [5, 5.41) is 6.89. The second kappa shape index (κ2) is 9.82. The lowest BCUT2D eigenvalue weighted by atomic mass is 10.0. The van der Waals surface area contributed by atoms with Crippen LogP contribution in [-0.2, 0) is 0 Å². The summed E-state index contributed by atoms with van der Waals surface area (Å²) in [6, 6.07) is 0.684. The first kappa shape index (κ1) is 18.0. The van der Waals surface area contributed by atoms with Crippen LogP contribution in [0.25, 0.3) is 0 Å². The van der Waals surface area contributed by atoms with E-state index in [4.69, 9.17) is 0 Å². The van der Waals surface area contributed by atoms with E-state index < -0.39 is 0 Å². The lowest BCUT2D eigenvalue weighted by Gasteiger charge is -2.35. The molecule has 1 saturated carbocycles. The third-order valence-electron chi connectivity index (χ3n) is 4.21. The van der Waals surface area contributed by atoms with Crippen LogP contribution >= 0.6 is 24.0 Å². The maximum atomic E-state index is 4.69. The molecule has 0 spiro atoms. The number of rotatable bonds is 6. The Balaban J connectivity index is 0.00000200. The molecule has 1 aliphatic carbocycles. The summed E-state index contributed by atoms with van der Waals surface area (Å²) in [4.78, 5) is 7.28. The largest absolute Gasteiger partial charge is 0.357 e. The number of nitrogens with zero attached hydrogens (tertiary/aromatic N) is 2. The van der Waals surface area contributed by atoms with Gasteiger partial charge in [-0.3, -0.25) is 9.89 Å². The van der Waals surface area contributed by atoms with Crippen LogP contribution in [0.4, 0.5) is 0 Å². The fourth-order valence-electron chi connectivity index (χ4n) is 2.78. The number of nitrogens with one attached hydrogen (secondary N) is 2. The molecule has 1 atom stereocenters. The van der Waals surface area contributed by atoms with Gasteiger partial charge in [0.05, 0.1) is 0 Å². The summed E-state index contributed by atoms with van der Waals surface area (Å²) < 4.78 is 0. The molecule has 2 N–H and O–H groups in total. The van der Waals surface area contributed by atoms with Crippen LogP contribution in [0.2, 0.25) is 0 Å². The van der Waals surface area contributed by atoms with Gasteiger partial charge in [-0.05, 0) is 51.6 Å². The fourth-order valence-corrected chi connectivity index (χ4v) is 2.78. The number of piperidine rings is 1. The fraction of sp³-hybridized carbons (Fsp3) is 0.933. The van der Waals surface area contributed by atoms with Crippen molar-refractivity contribution in [2.24, 2.45) is 10.9 Å². The van der Waals surface area contributed by atoms with E-state index in [-0.39, 0.29) is 24.0 Å². The van der Waals surface area contributed by atoms with Crippen LogP contribution in [0.5, 0.6) is 0 Å². The predicted octanol–water partition coefficient (Wildman–Crippen LogP) is 2.44. The third kappa shape index (κ3) is 6.16. The Labute approximate surface area is 141 Å². The monoisotopic (exact) mass is 394 g/mol. The van der Waals surface area contributed by atoms with Gasteiger partial charge in [-0.2, -0.15) is 0 Å². The Bertz CT molecular complexity index is 292. The van der Waals surface area contributed by atoms with Gasteiger partial charge in [-0.15, -0.1) is 24.0 Å². The van der Waals surface area contributed by atoms with E-state index in [9.17, 15) is 0 Å². The molecule has 2 rings (SSSR count). The number of aliphatic imine (C=N–C) groups is 1. The van der Waals surface area contributed by atoms with Crippen molar-refractivity contribution in [1.29, 1.82) is 0 Å². The van der Waals surface area contributed by atoms with Gasteiger partial charge in [0.15, 0.2) is 5.96 Å². The second-order valence-electron chi connectivity index (χ2n) is 5.82. The van der Waals surface area contributed by atoms with Crippen molar-refractivity contribution in [1.82, 2.24) is 15.5 Å². The van der Waals surface area contributed by atoms with E-state index in [0.29, 0.717) is 6.04 Å². The SMILES string of the molecule is CCNC(=NCC1CC1)NCC1CCCCN1CC.I. The first-order chi connectivity index (χ1) is 9.33. The zero-order valence-corrected chi connectivity index (χ0v) is 15.4. The van der Waals surface area contributed by atoms with Gasteiger partial charge in [-0.25, -0.2) is 0 Å². The zero-order valence-electron chi connectivity index (χ0n) is 13.0. The second-order valence-corrected chi connectivity index (χ2v) is 5.82. The number of halogens is 1. The number of hydrogen-bond acceptors (Lipinski definition) is 2. The van der Waals surface area contributed by atoms with E-state index in [1.165, 1.54) is 45.2 Å². The van der Waals surface area contributed by atoms with E-state index >= 15 is 0 Å². The Hall–Kier alpha value is -0.0400. The molecule has 0 aromatic carbocycles. The van der Waals surface area contributed by atoms with Gasteiger partial charge in [0.25, 0.3) is 0 Å². The topological polar surface area (TPSA) is 39.7 Å². The van der Waals surface area contributed by atoms with Crippen molar-refractivity contribution in [2.75, 3.05) is 32.7 Å². The third-order valence-corrected chi connectivity index (χ3v) is 4.21. The number of likely N-dealkylation sites (N-methyl/N-ethyl adjacent to an activating group) is 1. The van der Waals surface area contributed by atoms with Crippen molar-refractivity contribution >= 4 is 29.9 Å². The minimum absolute atomic E-state index is 0. The maximum Gasteiger partial charge on any atom is 0.191 e. The molecule has 5 heteroatoms. The summed E-state index contributed by atoms with van der Waals surface area (Å²) in [5.74, 6) is 1.87. The smallest absolute Gasteiger partial charge is 0.191 e. The number of hydrogen-bond donors (Lipinski definition) is 2. The Morgan fingerprint density at radius 1 is 1.15 bits per heavy atom.